The van der Waals surface area contributed by atoms with E-state index in [0.29, 0.717) is 0 Å². The van der Waals surface area contributed by atoms with Crippen molar-refractivity contribution in [2.75, 3.05) is 0 Å². The minimum absolute atomic E-state index is 0.765. The average Bonchev–Trinajstić information content (AvgIpc) is 2.65. The predicted molar refractivity (Wildman–Crippen MR) is 109 cm³/mol. The van der Waals surface area contributed by atoms with Gasteiger partial charge in [-0.25, -0.2) is 0 Å². The monoisotopic (exact) mass is 338 g/mol. The highest BCUT2D eigenvalue weighted by molar-refractivity contribution is 6.30. The summed E-state index contributed by atoms with van der Waals surface area (Å²) in [6.07, 6.45) is 0. The highest BCUT2D eigenvalue weighted by Crippen LogP contribution is 2.33. The molecule has 0 bridgehead atoms. The van der Waals surface area contributed by atoms with Gasteiger partial charge >= 0.3 is 0 Å². The Morgan fingerprint density at radius 2 is 1.08 bits per heavy atom. The Bertz CT molecular complexity index is 1230. The molecule has 0 heterocycles. The summed E-state index contributed by atoms with van der Waals surface area (Å²) in [4.78, 5) is 0. The van der Waals surface area contributed by atoms with Gasteiger partial charge in [0.05, 0.1) is 0 Å². The third-order valence-corrected chi connectivity index (χ3v) is 5.11. The molecule has 0 fully saturated rings. The molecule has 0 N–H and O–H groups in total. The third kappa shape index (κ3) is 2.47. The van der Waals surface area contributed by atoms with E-state index in [2.05, 4.69) is 78.9 Å². The van der Waals surface area contributed by atoms with Crippen LogP contribution in [-0.4, -0.2) is 0 Å². The van der Waals surface area contributed by atoms with Crippen LogP contribution in [0, 0.1) is 0 Å². The van der Waals surface area contributed by atoms with Crippen molar-refractivity contribution in [1.29, 1.82) is 0 Å². The molecule has 0 aliphatic carbocycles. The minimum atomic E-state index is 0.765. The first-order valence-corrected chi connectivity index (χ1v) is 8.77. The van der Waals surface area contributed by atoms with Gasteiger partial charge in [0, 0.05) is 5.02 Å². The lowest BCUT2D eigenvalue weighted by molar-refractivity contribution is 1.66. The number of benzene rings is 5. The van der Waals surface area contributed by atoms with Crippen LogP contribution in [0.15, 0.2) is 91.0 Å². The van der Waals surface area contributed by atoms with Crippen LogP contribution in [-0.2, 0) is 0 Å². The topological polar surface area (TPSA) is 0 Å². The van der Waals surface area contributed by atoms with E-state index in [1.165, 1.54) is 43.4 Å². The van der Waals surface area contributed by atoms with Crippen LogP contribution in [0.1, 0.15) is 0 Å². The molecule has 0 saturated heterocycles. The Labute approximate surface area is 151 Å². The summed E-state index contributed by atoms with van der Waals surface area (Å²) < 4.78 is 0. The lowest BCUT2D eigenvalue weighted by atomic mass is 9.94. The fourth-order valence-electron chi connectivity index (χ4n) is 3.60. The first-order chi connectivity index (χ1) is 12.3. The average molecular weight is 339 g/mol. The van der Waals surface area contributed by atoms with Crippen molar-refractivity contribution in [3.8, 4) is 11.1 Å². The standard InChI is InChI=1S/C24H15Cl/c25-22-10-8-16(9-11-22)23-7-3-6-19-14-20-12-17-4-1-2-5-18(17)13-21(20)15-24(19)23/h1-15H. The summed E-state index contributed by atoms with van der Waals surface area (Å²) in [5, 5.41) is 8.40. The fourth-order valence-corrected chi connectivity index (χ4v) is 3.73. The second kappa shape index (κ2) is 5.61. The zero-order chi connectivity index (χ0) is 16.8. The van der Waals surface area contributed by atoms with Gasteiger partial charge in [0.1, 0.15) is 0 Å². The van der Waals surface area contributed by atoms with Gasteiger partial charge < -0.3 is 0 Å². The maximum absolute atomic E-state index is 6.05. The zero-order valence-corrected chi connectivity index (χ0v) is 14.3. The fraction of sp³-hybridized carbons (Fsp3) is 0. The quantitative estimate of drug-likeness (QED) is 0.278. The van der Waals surface area contributed by atoms with Crippen molar-refractivity contribution < 1.29 is 0 Å². The maximum Gasteiger partial charge on any atom is 0.0406 e. The van der Waals surface area contributed by atoms with Gasteiger partial charge in [-0.2, -0.15) is 0 Å². The number of fused-ring (bicyclic) bond motifs is 3. The molecule has 118 valence electrons. The maximum atomic E-state index is 6.05. The second-order valence-electron chi connectivity index (χ2n) is 6.43. The van der Waals surface area contributed by atoms with E-state index in [9.17, 15) is 0 Å². The molecule has 25 heavy (non-hydrogen) atoms. The van der Waals surface area contributed by atoms with Crippen molar-refractivity contribution in [2.24, 2.45) is 0 Å². The summed E-state index contributed by atoms with van der Waals surface area (Å²) in [5.74, 6) is 0. The smallest absolute Gasteiger partial charge is 0.0406 e. The number of rotatable bonds is 1. The molecule has 1 heteroatoms. The predicted octanol–water partition coefficient (Wildman–Crippen LogP) is 7.47. The van der Waals surface area contributed by atoms with E-state index in [4.69, 9.17) is 11.6 Å². The van der Waals surface area contributed by atoms with E-state index in [0.717, 1.165) is 5.02 Å². The normalized spacial score (nSPS) is 11.4. The molecule has 0 atom stereocenters. The van der Waals surface area contributed by atoms with Crippen LogP contribution in [0.25, 0.3) is 43.4 Å². The molecule has 0 spiro atoms. The molecular weight excluding hydrogens is 324 g/mol. The second-order valence-corrected chi connectivity index (χ2v) is 6.87. The highest BCUT2D eigenvalue weighted by atomic mass is 35.5. The van der Waals surface area contributed by atoms with Crippen LogP contribution < -0.4 is 0 Å². The summed E-state index contributed by atoms with van der Waals surface area (Å²) in [5.41, 5.74) is 2.43. The Kier molecular flexibility index (Phi) is 3.26. The van der Waals surface area contributed by atoms with Gasteiger partial charge in [0.25, 0.3) is 0 Å². The van der Waals surface area contributed by atoms with E-state index in [1.54, 1.807) is 0 Å². The Morgan fingerprint density at radius 1 is 0.480 bits per heavy atom. The highest BCUT2D eigenvalue weighted by Gasteiger charge is 2.06. The van der Waals surface area contributed by atoms with Crippen LogP contribution in [0.5, 0.6) is 0 Å². The molecule has 5 aromatic rings. The molecule has 0 aliphatic rings. The molecule has 0 nitrogen and oxygen atoms in total. The van der Waals surface area contributed by atoms with Crippen molar-refractivity contribution in [3.63, 3.8) is 0 Å². The largest absolute Gasteiger partial charge is 0.0843 e. The minimum Gasteiger partial charge on any atom is -0.0843 e. The van der Waals surface area contributed by atoms with Gasteiger partial charge in [-0.05, 0) is 79.8 Å². The van der Waals surface area contributed by atoms with Crippen molar-refractivity contribution in [3.05, 3.63) is 96.0 Å². The lowest BCUT2D eigenvalue weighted by Crippen LogP contribution is -1.83. The van der Waals surface area contributed by atoms with E-state index in [-0.39, 0.29) is 0 Å². The molecular formula is C24H15Cl. The van der Waals surface area contributed by atoms with Gasteiger partial charge in [-0.15, -0.1) is 0 Å². The Hall–Kier alpha value is -2.83. The lowest BCUT2D eigenvalue weighted by Gasteiger charge is -2.10. The molecule has 0 aliphatic heterocycles. The van der Waals surface area contributed by atoms with Gasteiger partial charge in [0.2, 0.25) is 0 Å². The first kappa shape index (κ1) is 14.5. The molecule has 0 amide bonds. The SMILES string of the molecule is Clc1ccc(-c2cccc3cc4cc5ccccc5cc4cc23)cc1. The molecule has 0 aromatic heterocycles. The molecule has 0 saturated carbocycles. The summed E-state index contributed by atoms with van der Waals surface area (Å²) >= 11 is 6.05. The Balaban J connectivity index is 1.83. The summed E-state index contributed by atoms with van der Waals surface area (Å²) in [6, 6.07) is 32.2. The summed E-state index contributed by atoms with van der Waals surface area (Å²) in [6.45, 7) is 0. The molecule has 5 aromatic carbocycles. The van der Waals surface area contributed by atoms with Gasteiger partial charge in [-0.1, -0.05) is 66.2 Å². The van der Waals surface area contributed by atoms with Crippen LogP contribution in [0.4, 0.5) is 0 Å². The van der Waals surface area contributed by atoms with E-state index < -0.39 is 0 Å². The Morgan fingerprint density at radius 3 is 1.80 bits per heavy atom. The van der Waals surface area contributed by atoms with Gasteiger partial charge in [0.15, 0.2) is 0 Å². The molecule has 0 radical (unpaired) electrons. The van der Waals surface area contributed by atoms with Crippen LogP contribution in [0.2, 0.25) is 5.02 Å². The molecule has 5 rings (SSSR count). The summed E-state index contributed by atoms with van der Waals surface area (Å²) in [7, 11) is 0. The first-order valence-electron chi connectivity index (χ1n) is 8.39. The number of hydrogen-bond acceptors (Lipinski definition) is 0. The van der Waals surface area contributed by atoms with E-state index >= 15 is 0 Å². The van der Waals surface area contributed by atoms with Crippen molar-refractivity contribution >= 4 is 43.9 Å². The zero-order valence-electron chi connectivity index (χ0n) is 13.5. The number of hydrogen-bond donors (Lipinski definition) is 0. The van der Waals surface area contributed by atoms with Crippen LogP contribution in [0.3, 0.4) is 0 Å². The van der Waals surface area contributed by atoms with Crippen LogP contribution >= 0.6 is 11.6 Å². The van der Waals surface area contributed by atoms with E-state index in [1.807, 2.05) is 12.1 Å². The molecule has 0 unspecified atom stereocenters. The third-order valence-electron chi connectivity index (χ3n) is 4.86. The van der Waals surface area contributed by atoms with Gasteiger partial charge in [-0.3, -0.25) is 0 Å². The number of halogens is 1. The van der Waals surface area contributed by atoms with Crippen molar-refractivity contribution in [2.45, 2.75) is 0 Å². The van der Waals surface area contributed by atoms with Crippen molar-refractivity contribution in [1.82, 2.24) is 0 Å².